The van der Waals surface area contributed by atoms with Crippen LogP contribution in [0.25, 0.3) is 11.1 Å². The van der Waals surface area contributed by atoms with Gasteiger partial charge in [0.2, 0.25) is 0 Å². The highest BCUT2D eigenvalue weighted by Gasteiger charge is 2.59. The Hall–Kier alpha value is -8.98. The number of anilines is 3. The van der Waals surface area contributed by atoms with Crippen molar-refractivity contribution in [3.05, 3.63) is 322 Å². The lowest BCUT2D eigenvalue weighted by molar-refractivity contribution is 0.487. The molecule has 0 radical (unpaired) electrons. The summed E-state index contributed by atoms with van der Waals surface area (Å²) in [4.78, 5) is 7.61. The van der Waals surface area contributed by atoms with Crippen molar-refractivity contribution in [1.82, 2.24) is 0 Å². The lowest BCUT2D eigenvalue weighted by Gasteiger charge is -2.50. The van der Waals surface area contributed by atoms with Crippen LogP contribution in [0.1, 0.15) is 0 Å². The van der Waals surface area contributed by atoms with Gasteiger partial charge in [0.15, 0.2) is 16.1 Å². The molecule has 0 aromatic heterocycles. The molecule has 2 aliphatic heterocycles. The molecule has 12 aromatic carbocycles. The van der Waals surface area contributed by atoms with Gasteiger partial charge in [0, 0.05) is 36.6 Å². The van der Waals surface area contributed by atoms with Crippen LogP contribution in [0.15, 0.2) is 341 Å². The molecule has 0 unspecified atom stereocenters. The van der Waals surface area contributed by atoms with Gasteiger partial charge in [0.1, 0.15) is 11.5 Å². The first-order chi connectivity index (χ1) is 38.2. The summed E-state index contributed by atoms with van der Waals surface area (Å²) in [5, 5.41) is 11.0. The molecule has 0 fully saturated rings. The third-order valence-electron chi connectivity index (χ3n) is 16.0. The molecule has 0 aliphatic carbocycles. The first-order valence-electron chi connectivity index (χ1n) is 26.5. The van der Waals surface area contributed by atoms with E-state index in [-0.39, 0.29) is 0 Å². The summed E-state index contributed by atoms with van der Waals surface area (Å²) in [6.07, 6.45) is 0. The van der Waals surface area contributed by atoms with Crippen molar-refractivity contribution in [2.75, 3.05) is 4.90 Å². The second-order valence-electron chi connectivity index (χ2n) is 19.9. The van der Waals surface area contributed by atoms with Gasteiger partial charge in [-0.25, -0.2) is 0 Å². The Kier molecular flexibility index (Phi) is 11.7. The maximum Gasteiger partial charge on any atom is 0.188 e. The quantitative estimate of drug-likeness (QED) is 0.127. The summed E-state index contributed by atoms with van der Waals surface area (Å²) in [6, 6.07) is 120. The summed E-state index contributed by atoms with van der Waals surface area (Å²) >= 11 is 0. The standard InChI is InChI=1S/C72H53NOSSi2/c1-7-25-54(26-8-1)55-43-45-56(46-44-55)73(57-47-50-62(51-48-57)75(59-27-9-2-10-28-59,60-29-11-3-12-30-60)61-31-13-4-14-32-61)58-49-52-66-72(53-58)77(67-38-20-19-37-65(67)74-66)70-41-23-21-39-68(70)76(63-33-15-5-16-34-63,64-35-17-6-18-36-64)69-40-22-24-42-71(69)77/h1-53H. The van der Waals surface area contributed by atoms with Crippen LogP contribution in [0.4, 0.5) is 17.1 Å². The number of benzene rings is 12. The summed E-state index contributed by atoms with van der Waals surface area (Å²) in [5.74, 6) is 1.84. The van der Waals surface area contributed by atoms with Crippen molar-refractivity contribution >= 4 is 84.7 Å². The fourth-order valence-electron chi connectivity index (χ4n) is 12.8. The molecule has 2 nitrogen and oxygen atoms in total. The molecule has 0 bridgehead atoms. The number of ether oxygens (including phenoxy) is 1. The number of nitrogens with zero attached hydrogens (tertiary/aromatic N) is 1. The zero-order valence-electron chi connectivity index (χ0n) is 42.4. The van der Waals surface area contributed by atoms with E-state index in [1.54, 1.807) is 0 Å². The zero-order chi connectivity index (χ0) is 51.2. The Labute approximate surface area is 455 Å². The predicted octanol–water partition coefficient (Wildman–Crippen LogP) is 13.3. The maximum absolute atomic E-state index is 7.18. The molecule has 0 amide bonds. The second-order valence-corrected chi connectivity index (χ2v) is 30.4. The molecule has 14 rings (SSSR count). The smallest absolute Gasteiger partial charge is 0.188 e. The molecule has 12 aromatic rings. The van der Waals surface area contributed by atoms with Gasteiger partial charge in [0.25, 0.3) is 0 Å². The summed E-state index contributed by atoms with van der Waals surface area (Å²) < 4.78 is 7.18. The second kappa shape index (κ2) is 19.3. The molecule has 77 heavy (non-hydrogen) atoms. The van der Waals surface area contributed by atoms with Gasteiger partial charge < -0.3 is 9.64 Å². The van der Waals surface area contributed by atoms with E-state index in [1.165, 1.54) is 72.2 Å². The van der Waals surface area contributed by atoms with E-state index in [0.29, 0.717) is 0 Å². The molecule has 1 spiro atoms. The predicted molar refractivity (Wildman–Crippen MR) is 327 cm³/mol. The molecular weight excluding hydrogens is 983 g/mol. The molecule has 0 saturated heterocycles. The van der Waals surface area contributed by atoms with Crippen LogP contribution in [0.3, 0.4) is 0 Å². The molecule has 5 heteroatoms. The van der Waals surface area contributed by atoms with E-state index < -0.39 is 26.2 Å². The SMILES string of the molecule is c1ccc(-c2ccc(N(c3ccc(S(c4ccccc4)(c4ccccc4)c4ccccc4)cc3)c3ccc4c(c3)[Si]3(c5ccccc5O4)c4ccccc4[Si](c4ccccc4)(c4ccccc4)c4ccccc43)cc2)cc1. The highest BCUT2D eigenvalue weighted by Crippen LogP contribution is 2.73. The van der Waals surface area contributed by atoms with Crippen LogP contribution >= 0.6 is 10.0 Å². The lowest BCUT2D eigenvalue weighted by atomic mass is 10.0. The molecule has 0 saturated carbocycles. The normalized spacial score (nSPS) is 13.7. The molecule has 0 atom stereocenters. The summed E-state index contributed by atoms with van der Waals surface area (Å²) in [5.41, 5.74) is 5.58. The van der Waals surface area contributed by atoms with Crippen LogP contribution in [0.2, 0.25) is 0 Å². The van der Waals surface area contributed by atoms with Crippen molar-refractivity contribution in [3.8, 4) is 22.6 Å². The minimum atomic E-state index is -3.20. The van der Waals surface area contributed by atoms with Crippen LogP contribution in [0.5, 0.6) is 11.5 Å². The molecule has 366 valence electrons. The molecular formula is C72H53NOSSi2. The lowest BCUT2D eigenvalue weighted by Crippen LogP contribution is -2.93. The van der Waals surface area contributed by atoms with Crippen molar-refractivity contribution in [3.63, 3.8) is 0 Å². The number of hydrogen-bond acceptors (Lipinski definition) is 2. The average molecular weight is 1040 g/mol. The monoisotopic (exact) mass is 1040 g/mol. The fourth-order valence-corrected chi connectivity index (χ4v) is 29.0. The third kappa shape index (κ3) is 7.30. The van der Waals surface area contributed by atoms with Crippen LogP contribution in [-0.2, 0) is 0 Å². The van der Waals surface area contributed by atoms with Crippen LogP contribution in [-0.4, -0.2) is 16.1 Å². The topological polar surface area (TPSA) is 12.5 Å². The van der Waals surface area contributed by atoms with Gasteiger partial charge in [-0.3, -0.25) is 0 Å². The van der Waals surface area contributed by atoms with Crippen molar-refractivity contribution in [1.29, 1.82) is 0 Å². The molecule has 2 heterocycles. The van der Waals surface area contributed by atoms with Crippen LogP contribution in [0, 0.1) is 0 Å². The van der Waals surface area contributed by atoms with Gasteiger partial charge in [-0.15, -0.1) is 10.0 Å². The number of hydrogen-bond donors (Lipinski definition) is 0. The minimum absolute atomic E-state index is 0.911. The Morgan fingerprint density at radius 2 is 0.584 bits per heavy atom. The third-order valence-corrected chi connectivity index (χ3v) is 30.2. The van der Waals surface area contributed by atoms with E-state index in [1.807, 2.05) is 0 Å². The first kappa shape index (κ1) is 46.5. The van der Waals surface area contributed by atoms with E-state index in [4.69, 9.17) is 4.74 Å². The molecule has 2 aliphatic rings. The number of fused-ring (bicyclic) bond motifs is 8. The molecule has 0 N–H and O–H groups in total. The van der Waals surface area contributed by atoms with Gasteiger partial charge in [-0.2, -0.15) is 0 Å². The number of rotatable bonds is 10. The van der Waals surface area contributed by atoms with Crippen molar-refractivity contribution in [2.24, 2.45) is 0 Å². The van der Waals surface area contributed by atoms with Gasteiger partial charge in [-0.1, -0.05) is 224 Å². The summed E-state index contributed by atoms with van der Waals surface area (Å²) in [7, 11) is -8.02. The van der Waals surface area contributed by atoms with Gasteiger partial charge in [0.05, 0.1) is 0 Å². The Bertz CT molecular complexity index is 3860. The van der Waals surface area contributed by atoms with Crippen molar-refractivity contribution in [2.45, 2.75) is 19.6 Å². The van der Waals surface area contributed by atoms with E-state index >= 15 is 0 Å². The van der Waals surface area contributed by atoms with Gasteiger partial charge in [-0.05, 0) is 150 Å². The summed E-state index contributed by atoms with van der Waals surface area (Å²) in [6.45, 7) is 0. The van der Waals surface area contributed by atoms with E-state index in [2.05, 4.69) is 326 Å². The maximum atomic E-state index is 7.18. The first-order valence-corrected chi connectivity index (χ1v) is 32.1. The highest BCUT2D eigenvalue weighted by atomic mass is 32.3. The van der Waals surface area contributed by atoms with Crippen LogP contribution < -0.4 is 51.1 Å². The average Bonchev–Trinajstić information content (AvgIpc) is 3.56. The largest absolute Gasteiger partial charge is 0.458 e. The zero-order valence-corrected chi connectivity index (χ0v) is 45.2. The minimum Gasteiger partial charge on any atom is -0.458 e. The Morgan fingerprint density at radius 3 is 1.06 bits per heavy atom. The number of para-hydroxylation sites is 1. The van der Waals surface area contributed by atoms with Crippen molar-refractivity contribution < 1.29 is 4.74 Å². The Morgan fingerprint density at radius 1 is 0.247 bits per heavy atom. The van der Waals surface area contributed by atoms with Gasteiger partial charge >= 0.3 is 0 Å². The fraction of sp³-hybridized carbons (Fsp3) is 0. The Balaban J connectivity index is 1.02. The van der Waals surface area contributed by atoms with E-state index in [9.17, 15) is 0 Å². The van der Waals surface area contributed by atoms with E-state index in [0.717, 1.165) is 28.6 Å². The highest BCUT2D eigenvalue weighted by molar-refractivity contribution is 8.34.